The van der Waals surface area contributed by atoms with Crippen molar-refractivity contribution in [3.63, 3.8) is 0 Å². The van der Waals surface area contributed by atoms with Crippen LogP contribution in [0.25, 0.3) is 22.0 Å². The topological polar surface area (TPSA) is 51.1 Å². The van der Waals surface area contributed by atoms with Crippen molar-refractivity contribution in [3.8, 4) is 11.1 Å². The number of pyridine rings is 1. The molecule has 4 nitrogen and oxygen atoms in total. The van der Waals surface area contributed by atoms with Gasteiger partial charge in [0.15, 0.2) is 5.78 Å². The maximum Gasteiger partial charge on any atom is 0.275 e. The normalized spacial score (nSPS) is 12.1. The maximum atomic E-state index is 13.3. The summed E-state index contributed by atoms with van der Waals surface area (Å²) in [5.41, 5.74) is 4.64. The molecule has 28 heavy (non-hydrogen) atoms. The minimum Gasteiger partial charge on any atom is -0.350 e. The van der Waals surface area contributed by atoms with Gasteiger partial charge in [0.1, 0.15) is 5.69 Å². The Bertz CT molecular complexity index is 1340. The quantitative estimate of drug-likeness (QED) is 0.415. The van der Waals surface area contributed by atoms with E-state index in [0.29, 0.717) is 16.8 Å². The molecule has 3 aromatic carbocycles. The minimum atomic E-state index is -0.135. The monoisotopic (exact) mass is 430 g/mol. The number of ketones is 1. The van der Waals surface area contributed by atoms with Crippen LogP contribution in [-0.2, 0) is 7.05 Å². The lowest BCUT2D eigenvalue weighted by Gasteiger charge is -2.25. The highest BCUT2D eigenvalue weighted by molar-refractivity contribution is 9.10. The zero-order valence-corrected chi connectivity index (χ0v) is 16.6. The van der Waals surface area contributed by atoms with Crippen molar-refractivity contribution < 1.29 is 4.79 Å². The summed E-state index contributed by atoms with van der Waals surface area (Å²) >= 11 is 3.54. The number of para-hydroxylation sites is 1. The first-order valence-electron chi connectivity index (χ1n) is 8.89. The van der Waals surface area contributed by atoms with Gasteiger partial charge in [0.05, 0.1) is 5.52 Å². The molecule has 5 rings (SSSR count). The van der Waals surface area contributed by atoms with E-state index in [-0.39, 0.29) is 11.3 Å². The van der Waals surface area contributed by atoms with Crippen LogP contribution in [0.15, 0.2) is 76.0 Å². The fraction of sp³-hybridized carbons (Fsp3) is 0.0435. The summed E-state index contributed by atoms with van der Waals surface area (Å²) in [6.45, 7) is 0. The molecule has 1 heterocycles. The Morgan fingerprint density at radius 2 is 1.50 bits per heavy atom. The molecule has 1 N–H and O–H groups in total. The second kappa shape index (κ2) is 6.17. The summed E-state index contributed by atoms with van der Waals surface area (Å²) in [5.74, 6) is -0.0371. The molecule has 0 saturated heterocycles. The maximum absolute atomic E-state index is 13.3. The highest BCUT2D eigenvalue weighted by atomic mass is 79.9. The van der Waals surface area contributed by atoms with Crippen LogP contribution in [0.1, 0.15) is 15.9 Å². The van der Waals surface area contributed by atoms with E-state index < -0.39 is 0 Å². The van der Waals surface area contributed by atoms with Gasteiger partial charge in [-0.1, -0.05) is 58.4 Å². The first-order chi connectivity index (χ1) is 13.6. The summed E-state index contributed by atoms with van der Waals surface area (Å²) in [6.07, 6.45) is 0. The minimum absolute atomic E-state index is 0.0371. The van der Waals surface area contributed by atoms with Gasteiger partial charge in [-0.05, 0) is 29.8 Å². The standard InChI is InChI=1S/C23H15BrN2O2/c1-26-17-12-11-16(24)19-20(17)18(14-9-5-6-10-15(14)22(19)27)21(23(26)28)25-13-7-3-2-4-8-13/h2-12,25H,1H3. The Morgan fingerprint density at radius 1 is 0.821 bits per heavy atom. The van der Waals surface area contributed by atoms with Gasteiger partial charge in [0.2, 0.25) is 0 Å². The number of anilines is 2. The van der Waals surface area contributed by atoms with Crippen molar-refractivity contribution in [3.05, 3.63) is 92.7 Å². The van der Waals surface area contributed by atoms with Crippen LogP contribution in [0.3, 0.4) is 0 Å². The summed E-state index contributed by atoms with van der Waals surface area (Å²) in [4.78, 5) is 26.5. The van der Waals surface area contributed by atoms with Gasteiger partial charge in [-0.2, -0.15) is 0 Å². The third-order valence-corrected chi connectivity index (χ3v) is 5.88. The zero-order valence-electron chi connectivity index (χ0n) is 15.0. The number of nitrogens with zero attached hydrogens (tertiary/aromatic N) is 1. The summed E-state index contributed by atoms with van der Waals surface area (Å²) < 4.78 is 2.33. The van der Waals surface area contributed by atoms with Crippen LogP contribution in [0, 0.1) is 0 Å². The Kier molecular flexibility index (Phi) is 3.74. The molecule has 136 valence electrons. The van der Waals surface area contributed by atoms with Crippen LogP contribution in [0.5, 0.6) is 0 Å². The van der Waals surface area contributed by atoms with E-state index in [9.17, 15) is 9.59 Å². The van der Waals surface area contributed by atoms with Crippen molar-refractivity contribution in [2.75, 3.05) is 5.32 Å². The number of rotatable bonds is 2. The molecule has 0 saturated carbocycles. The lowest BCUT2D eigenvalue weighted by molar-refractivity contribution is 0.103. The SMILES string of the molecule is Cn1c(=O)c(Nc2ccccc2)c2c3c(c(Br)ccc31)C(=O)c1ccccc1-2. The molecule has 0 atom stereocenters. The number of aromatic nitrogens is 1. The number of halogens is 1. The van der Waals surface area contributed by atoms with Gasteiger partial charge in [0.25, 0.3) is 5.56 Å². The van der Waals surface area contributed by atoms with Crippen LogP contribution in [0.4, 0.5) is 11.4 Å². The average Bonchev–Trinajstić information content (AvgIpc) is 2.72. The van der Waals surface area contributed by atoms with E-state index in [1.165, 1.54) is 0 Å². The van der Waals surface area contributed by atoms with Gasteiger partial charge in [-0.15, -0.1) is 0 Å². The smallest absolute Gasteiger partial charge is 0.275 e. The number of benzene rings is 3. The van der Waals surface area contributed by atoms with Gasteiger partial charge < -0.3 is 9.88 Å². The molecule has 0 unspecified atom stereocenters. The Labute approximate surface area is 169 Å². The molecule has 0 spiro atoms. The molecule has 0 amide bonds. The lowest BCUT2D eigenvalue weighted by atomic mass is 9.83. The van der Waals surface area contributed by atoms with E-state index in [4.69, 9.17) is 0 Å². The Morgan fingerprint density at radius 3 is 2.25 bits per heavy atom. The molecule has 5 heteroatoms. The Balaban J connectivity index is 1.98. The molecule has 1 aromatic heterocycles. The zero-order chi connectivity index (χ0) is 19.4. The molecular formula is C23H15BrN2O2. The molecule has 1 aliphatic rings. The molecule has 0 aliphatic heterocycles. The number of aryl methyl sites for hydroxylation is 1. The van der Waals surface area contributed by atoms with Crippen LogP contribution in [0.2, 0.25) is 0 Å². The van der Waals surface area contributed by atoms with Crippen molar-refractivity contribution in [1.82, 2.24) is 4.57 Å². The number of hydrogen-bond acceptors (Lipinski definition) is 3. The molecule has 4 aromatic rings. The fourth-order valence-corrected chi connectivity index (χ4v) is 4.43. The number of carbonyl (C=O) groups excluding carboxylic acids is 1. The predicted octanol–water partition coefficient (Wildman–Crippen LogP) is 5.26. The first-order valence-corrected chi connectivity index (χ1v) is 9.68. The third-order valence-electron chi connectivity index (χ3n) is 5.22. The Hall–Kier alpha value is -3.18. The van der Waals surface area contributed by atoms with E-state index in [1.54, 1.807) is 11.6 Å². The highest BCUT2D eigenvalue weighted by Gasteiger charge is 2.31. The van der Waals surface area contributed by atoms with Crippen molar-refractivity contribution >= 4 is 44.0 Å². The molecule has 0 radical (unpaired) electrons. The van der Waals surface area contributed by atoms with Gasteiger partial charge in [0, 0.05) is 39.3 Å². The summed E-state index contributed by atoms with van der Waals surface area (Å²) in [5, 5.41) is 4.09. The highest BCUT2D eigenvalue weighted by Crippen LogP contribution is 2.44. The van der Waals surface area contributed by atoms with Crippen LogP contribution >= 0.6 is 15.9 Å². The fourth-order valence-electron chi connectivity index (χ4n) is 3.91. The van der Waals surface area contributed by atoms with Crippen LogP contribution < -0.4 is 10.9 Å². The average molecular weight is 431 g/mol. The van der Waals surface area contributed by atoms with Gasteiger partial charge in [-0.25, -0.2) is 0 Å². The predicted molar refractivity (Wildman–Crippen MR) is 115 cm³/mol. The summed E-state index contributed by atoms with van der Waals surface area (Å²) in [7, 11) is 1.74. The van der Waals surface area contributed by atoms with E-state index in [1.807, 2.05) is 66.7 Å². The molecular weight excluding hydrogens is 416 g/mol. The molecule has 0 bridgehead atoms. The van der Waals surface area contributed by atoms with Crippen LogP contribution in [-0.4, -0.2) is 10.4 Å². The van der Waals surface area contributed by atoms with Gasteiger partial charge >= 0.3 is 0 Å². The molecule has 0 fully saturated rings. The largest absolute Gasteiger partial charge is 0.350 e. The second-order valence-electron chi connectivity index (χ2n) is 6.80. The van der Waals surface area contributed by atoms with Crippen molar-refractivity contribution in [1.29, 1.82) is 0 Å². The van der Waals surface area contributed by atoms with Gasteiger partial charge in [-0.3, -0.25) is 9.59 Å². The number of hydrogen-bond donors (Lipinski definition) is 1. The summed E-state index contributed by atoms with van der Waals surface area (Å²) in [6, 6.07) is 20.8. The van der Waals surface area contributed by atoms with E-state index >= 15 is 0 Å². The van der Waals surface area contributed by atoms with Crippen molar-refractivity contribution in [2.24, 2.45) is 7.05 Å². The van der Waals surface area contributed by atoms with E-state index in [2.05, 4.69) is 21.2 Å². The van der Waals surface area contributed by atoms with E-state index in [0.717, 1.165) is 32.2 Å². The first kappa shape index (κ1) is 17.0. The van der Waals surface area contributed by atoms with Crippen molar-refractivity contribution in [2.45, 2.75) is 0 Å². The second-order valence-corrected chi connectivity index (χ2v) is 7.65. The molecule has 1 aliphatic carbocycles. The third kappa shape index (κ3) is 2.29. The lowest BCUT2D eigenvalue weighted by Crippen LogP contribution is -2.24. The number of carbonyl (C=O) groups is 1. The number of nitrogens with one attached hydrogen (secondary N) is 1. The number of fused-ring (bicyclic) bond motifs is 2.